The minimum atomic E-state index is -1.08. The molecule has 15 heteroatoms. The van der Waals surface area contributed by atoms with Crippen LogP contribution in [0.3, 0.4) is 0 Å². The number of ether oxygens (including phenoxy) is 1. The number of aryl methyl sites for hydroxylation is 1. The fraction of sp³-hybridized carbons (Fsp3) is 0.500. The number of carbonyl (C=O) groups excluding carboxylic acids is 5. The number of nitrogens with two attached hydrogens (primary N) is 1. The highest BCUT2D eigenvalue weighted by Crippen LogP contribution is 2.33. The predicted octanol–water partition coefficient (Wildman–Crippen LogP) is 4.06. The number of rotatable bonds is 16. The lowest BCUT2D eigenvalue weighted by Crippen LogP contribution is -2.54. The highest BCUT2D eigenvalue weighted by atomic mass is 16.5. The molecular weight excluding hydrogens is 727 g/mol. The highest BCUT2D eigenvalue weighted by molar-refractivity contribution is 6.26. The molecule has 7 rings (SSSR count). The maximum atomic E-state index is 13.3. The Morgan fingerprint density at radius 1 is 0.912 bits per heavy atom. The van der Waals surface area contributed by atoms with Crippen molar-refractivity contribution in [2.24, 2.45) is 0 Å². The summed E-state index contributed by atoms with van der Waals surface area (Å²) in [6, 6.07) is 15.0. The lowest BCUT2D eigenvalue weighted by molar-refractivity contribution is -0.136. The van der Waals surface area contributed by atoms with Crippen LogP contribution in [0.5, 0.6) is 0 Å². The van der Waals surface area contributed by atoms with Crippen LogP contribution >= 0.6 is 0 Å². The summed E-state index contributed by atoms with van der Waals surface area (Å²) in [6.07, 6.45) is 8.52. The summed E-state index contributed by atoms with van der Waals surface area (Å²) >= 11 is 0. The third-order valence-corrected chi connectivity index (χ3v) is 11.4. The van der Waals surface area contributed by atoms with Crippen molar-refractivity contribution in [1.29, 1.82) is 0 Å². The number of unbranched alkanes of at least 4 members (excludes halogenated alkanes) is 3. The summed E-state index contributed by atoms with van der Waals surface area (Å²) in [4.78, 5) is 80.4. The summed E-state index contributed by atoms with van der Waals surface area (Å²) in [5.74, 6) is -1.67. The fourth-order valence-electron chi connectivity index (χ4n) is 8.49. The first-order chi connectivity index (χ1) is 27.6. The molecule has 4 N–H and O–H groups in total. The molecule has 57 heavy (non-hydrogen) atoms. The van der Waals surface area contributed by atoms with Crippen LogP contribution in [0.25, 0.3) is 0 Å². The zero-order valence-corrected chi connectivity index (χ0v) is 32.7. The van der Waals surface area contributed by atoms with E-state index in [1.54, 1.807) is 12.1 Å². The Morgan fingerprint density at radius 3 is 2.46 bits per heavy atom. The van der Waals surface area contributed by atoms with Gasteiger partial charge in [-0.1, -0.05) is 31.0 Å². The number of aromatic nitrogens is 2. The molecule has 5 heterocycles. The lowest BCUT2D eigenvalue weighted by Gasteiger charge is -2.39. The first-order valence-electron chi connectivity index (χ1n) is 20.3. The molecule has 302 valence electrons. The van der Waals surface area contributed by atoms with Crippen LogP contribution < -0.4 is 26.2 Å². The lowest BCUT2D eigenvalue weighted by atomic mass is 10.0. The van der Waals surface area contributed by atoms with Gasteiger partial charge in [0.2, 0.25) is 23.7 Å². The molecule has 1 unspecified atom stereocenters. The molecule has 0 spiro atoms. The zero-order valence-electron chi connectivity index (χ0n) is 32.7. The SMILES string of the molecule is Cc1cc(N2CCC(N(CCCCCCOCC(=O)Nc3cccc4c3C(=O)N(C3CCC(=O)NC3=O)C4=O)Cc3cccc(N4CCCC4)c3)CC2)nc(N)n1. The first kappa shape index (κ1) is 39.8. The van der Waals surface area contributed by atoms with E-state index in [0.717, 1.165) is 94.2 Å². The van der Waals surface area contributed by atoms with E-state index >= 15 is 0 Å². The van der Waals surface area contributed by atoms with Crippen molar-refractivity contribution < 1.29 is 28.7 Å². The number of benzene rings is 2. The Hall–Kier alpha value is -5.41. The standard InChI is InChI=1S/C42H53N9O6/c1-28-24-35(46-42(43)44-28)49-21-16-30(17-22-49)50(26-29-10-8-11-31(25-29)48-18-5-6-19-48)20-4-2-3-7-23-57-27-37(53)45-33-13-9-12-32-38(33)41(56)51(40(32)55)34-14-15-36(52)47-39(34)54/h8-13,24-25,30,34H,2-7,14-23,26-27H2,1H3,(H,45,53)(H2,43,44,46)(H,47,52,54). The molecule has 3 aromatic rings. The molecule has 4 aliphatic rings. The van der Waals surface area contributed by atoms with Gasteiger partial charge in [-0.2, -0.15) is 4.98 Å². The Bertz CT molecular complexity index is 1960. The van der Waals surface area contributed by atoms with Crippen molar-refractivity contribution in [3.63, 3.8) is 0 Å². The topological polar surface area (TPSA) is 183 Å². The minimum Gasteiger partial charge on any atom is -0.372 e. The van der Waals surface area contributed by atoms with Gasteiger partial charge in [-0.15, -0.1) is 0 Å². The number of hydrogen-bond donors (Lipinski definition) is 3. The Morgan fingerprint density at radius 2 is 1.68 bits per heavy atom. The van der Waals surface area contributed by atoms with Gasteiger partial charge in [0, 0.05) is 69.2 Å². The van der Waals surface area contributed by atoms with Gasteiger partial charge in [-0.05, 0) is 88.2 Å². The third kappa shape index (κ3) is 9.59. The number of anilines is 4. The Balaban J connectivity index is 0.866. The van der Waals surface area contributed by atoms with E-state index in [2.05, 4.69) is 59.6 Å². The third-order valence-electron chi connectivity index (χ3n) is 11.4. The maximum Gasteiger partial charge on any atom is 0.264 e. The quantitative estimate of drug-likeness (QED) is 0.140. The summed E-state index contributed by atoms with van der Waals surface area (Å²) in [5.41, 5.74) is 9.82. The zero-order chi connectivity index (χ0) is 39.9. The summed E-state index contributed by atoms with van der Waals surface area (Å²) < 4.78 is 5.70. The maximum absolute atomic E-state index is 13.3. The van der Waals surface area contributed by atoms with Crippen molar-refractivity contribution in [2.75, 3.05) is 66.8 Å². The van der Waals surface area contributed by atoms with Gasteiger partial charge in [0.25, 0.3) is 11.8 Å². The molecular formula is C42H53N9O6. The number of amides is 5. The Labute approximate surface area is 333 Å². The van der Waals surface area contributed by atoms with E-state index in [4.69, 9.17) is 10.5 Å². The van der Waals surface area contributed by atoms with E-state index in [1.807, 2.05) is 13.0 Å². The molecule has 3 saturated heterocycles. The molecule has 15 nitrogen and oxygen atoms in total. The largest absolute Gasteiger partial charge is 0.372 e. The molecule has 3 fully saturated rings. The number of fused-ring (bicyclic) bond motifs is 1. The molecule has 2 aromatic carbocycles. The number of nitrogens with zero attached hydrogens (tertiary/aromatic N) is 6. The van der Waals surface area contributed by atoms with Crippen molar-refractivity contribution in [2.45, 2.75) is 89.8 Å². The van der Waals surface area contributed by atoms with Crippen molar-refractivity contribution in [1.82, 2.24) is 25.1 Å². The van der Waals surface area contributed by atoms with Crippen LogP contribution in [0.15, 0.2) is 48.5 Å². The van der Waals surface area contributed by atoms with Gasteiger partial charge in [-0.25, -0.2) is 4.98 Å². The summed E-state index contributed by atoms with van der Waals surface area (Å²) in [6.45, 7) is 8.13. The molecule has 0 saturated carbocycles. The smallest absolute Gasteiger partial charge is 0.264 e. The van der Waals surface area contributed by atoms with Crippen LogP contribution in [0, 0.1) is 6.92 Å². The van der Waals surface area contributed by atoms with Crippen LogP contribution in [0.4, 0.5) is 23.1 Å². The number of piperidine rings is 2. The average Bonchev–Trinajstić information content (AvgIpc) is 3.82. The number of carbonyl (C=O) groups is 5. The van der Waals surface area contributed by atoms with Crippen molar-refractivity contribution in [3.8, 4) is 0 Å². The van der Waals surface area contributed by atoms with E-state index in [9.17, 15) is 24.0 Å². The Kier molecular flexibility index (Phi) is 12.7. The highest BCUT2D eigenvalue weighted by Gasteiger charge is 2.45. The number of nitrogens with one attached hydrogen (secondary N) is 2. The van der Waals surface area contributed by atoms with Crippen LogP contribution in [0.1, 0.15) is 96.2 Å². The van der Waals surface area contributed by atoms with E-state index < -0.39 is 35.6 Å². The molecule has 4 aliphatic heterocycles. The second kappa shape index (κ2) is 18.2. The van der Waals surface area contributed by atoms with Crippen molar-refractivity contribution in [3.05, 3.63) is 70.9 Å². The number of hydrogen-bond acceptors (Lipinski definition) is 12. The normalized spacial score (nSPS) is 18.8. The second-order valence-corrected chi connectivity index (χ2v) is 15.5. The molecule has 0 aliphatic carbocycles. The molecule has 1 atom stereocenters. The van der Waals surface area contributed by atoms with Gasteiger partial charge in [0.15, 0.2) is 0 Å². The number of imide groups is 2. The summed E-state index contributed by atoms with van der Waals surface area (Å²) in [7, 11) is 0. The molecule has 0 radical (unpaired) electrons. The van der Waals surface area contributed by atoms with Crippen molar-refractivity contribution >= 4 is 52.7 Å². The van der Waals surface area contributed by atoms with E-state index in [-0.39, 0.29) is 36.3 Å². The second-order valence-electron chi connectivity index (χ2n) is 15.5. The minimum absolute atomic E-state index is 0.0273. The molecule has 5 amide bonds. The van der Waals surface area contributed by atoms with E-state index in [0.29, 0.717) is 18.6 Å². The summed E-state index contributed by atoms with van der Waals surface area (Å²) in [5, 5.41) is 4.89. The van der Waals surface area contributed by atoms with Crippen LogP contribution in [-0.2, 0) is 25.7 Å². The van der Waals surface area contributed by atoms with Gasteiger partial charge >= 0.3 is 0 Å². The van der Waals surface area contributed by atoms with Crippen LogP contribution in [0.2, 0.25) is 0 Å². The first-order valence-corrected chi connectivity index (χ1v) is 20.3. The monoisotopic (exact) mass is 779 g/mol. The molecule has 0 bridgehead atoms. The van der Waals surface area contributed by atoms with E-state index in [1.165, 1.54) is 30.2 Å². The average molecular weight is 780 g/mol. The van der Waals surface area contributed by atoms with Gasteiger partial charge in [0.1, 0.15) is 18.5 Å². The van der Waals surface area contributed by atoms with Gasteiger partial charge in [0.05, 0.1) is 16.8 Å². The van der Waals surface area contributed by atoms with Crippen LogP contribution in [-0.4, -0.2) is 107 Å². The van der Waals surface area contributed by atoms with Gasteiger partial charge < -0.3 is 25.6 Å². The molecule has 1 aromatic heterocycles. The fourth-order valence-corrected chi connectivity index (χ4v) is 8.49. The number of nitrogen functional groups attached to an aromatic ring is 1. The van der Waals surface area contributed by atoms with Gasteiger partial charge in [-0.3, -0.25) is 39.1 Å². The predicted molar refractivity (Wildman–Crippen MR) is 216 cm³/mol.